The SMILES string of the molecule is CCc1noc(N2CCC([C@H](C)Oc3ccc4c(c3)nc3n4C[C@H](N)[C@@H](c4cc(F)ccc4F)C3)CC2)n1. The monoisotopic (exact) mass is 522 g/mol. The van der Waals surface area contributed by atoms with E-state index in [1.807, 2.05) is 25.1 Å². The van der Waals surface area contributed by atoms with Gasteiger partial charge in [-0.2, -0.15) is 4.98 Å². The Bertz CT molecular complexity index is 1440. The minimum atomic E-state index is -0.463. The van der Waals surface area contributed by atoms with Crippen LogP contribution in [0.15, 0.2) is 40.9 Å². The number of nitrogens with two attached hydrogens (primary N) is 1. The maximum absolute atomic E-state index is 14.5. The minimum absolute atomic E-state index is 0.0366. The van der Waals surface area contributed by atoms with Crippen LogP contribution < -0.4 is 15.4 Å². The highest BCUT2D eigenvalue weighted by molar-refractivity contribution is 5.78. The maximum Gasteiger partial charge on any atom is 0.324 e. The molecule has 1 fully saturated rings. The Labute approximate surface area is 219 Å². The Hall–Kier alpha value is -3.53. The maximum atomic E-state index is 14.5. The van der Waals surface area contributed by atoms with Crippen molar-refractivity contribution in [3.05, 3.63) is 65.2 Å². The first kappa shape index (κ1) is 24.8. The first-order valence-electron chi connectivity index (χ1n) is 13.3. The topological polar surface area (TPSA) is 95.2 Å². The van der Waals surface area contributed by atoms with Gasteiger partial charge in [-0.3, -0.25) is 0 Å². The number of fused-ring (bicyclic) bond motifs is 3. The molecule has 200 valence electrons. The first-order valence-corrected chi connectivity index (χ1v) is 13.3. The normalized spacial score (nSPS) is 21.0. The van der Waals surface area contributed by atoms with Crippen LogP contribution in [0.4, 0.5) is 14.8 Å². The Morgan fingerprint density at radius 3 is 2.71 bits per heavy atom. The summed E-state index contributed by atoms with van der Waals surface area (Å²) in [4.78, 5) is 11.4. The number of imidazole rings is 1. The van der Waals surface area contributed by atoms with Gasteiger partial charge >= 0.3 is 6.01 Å². The molecule has 2 aliphatic heterocycles. The highest BCUT2D eigenvalue weighted by Gasteiger charge is 2.32. The van der Waals surface area contributed by atoms with Crippen LogP contribution in [0.5, 0.6) is 5.75 Å². The van der Waals surface area contributed by atoms with Gasteiger partial charge in [0.2, 0.25) is 0 Å². The molecule has 2 N–H and O–H groups in total. The molecule has 2 aromatic heterocycles. The average Bonchev–Trinajstić information content (AvgIpc) is 3.54. The van der Waals surface area contributed by atoms with Gasteiger partial charge in [-0.25, -0.2) is 13.8 Å². The summed E-state index contributed by atoms with van der Waals surface area (Å²) >= 11 is 0. The Morgan fingerprint density at radius 1 is 1.13 bits per heavy atom. The van der Waals surface area contributed by atoms with Crippen molar-refractivity contribution in [2.75, 3.05) is 18.0 Å². The zero-order chi connectivity index (χ0) is 26.4. The molecule has 3 atom stereocenters. The standard InChI is InChI=1S/C28H32F2N6O2/c1-3-26-33-28(38-34-26)35-10-8-17(9-11-35)16(2)37-19-5-7-25-24(13-19)32-27-14-21(23(31)15-36(25)27)20-12-18(29)4-6-22(20)30/h4-7,12-13,16-17,21,23H,3,8-11,14-15,31H2,1-2H3/t16-,21+,23-/m0/s1. The molecule has 4 heterocycles. The fourth-order valence-corrected chi connectivity index (χ4v) is 5.81. The second kappa shape index (κ2) is 9.98. The number of hydrogen-bond donors (Lipinski definition) is 1. The molecule has 4 aromatic rings. The van der Waals surface area contributed by atoms with Crippen molar-refractivity contribution >= 4 is 17.0 Å². The number of hydrogen-bond acceptors (Lipinski definition) is 7. The van der Waals surface area contributed by atoms with Gasteiger partial charge in [0.25, 0.3) is 0 Å². The van der Waals surface area contributed by atoms with Gasteiger partial charge in [-0.1, -0.05) is 12.1 Å². The average molecular weight is 523 g/mol. The lowest BCUT2D eigenvalue weighted by atomic mass is 9.86. The van der Waals surface area contributed by atoms with Crippen molar-refractivity contribution in [2.24, 2.45) is 11.7 Å². The van der Waals surface area contributed by atoms with E-state index in [0.717, 1.165) is 72.9 Å². The molecule has 2 aliphatic rings. The zero-order valence-corrected chi connectivity index (χ0v) is 21.6. The van der Waals surface area contributed by atoms with Gasteiger partial charge < -0.3 is 24.5 Å². The molecule has 8 nitrogen and oxygen atoms in total. The Morgan fingerprint density at radius 2 is 1.95 bits per heavy atom. The third kappa shape index (κ3) is 4.62. The fraction of sp³-hybridized carbons (Fsp3) is 0.464. The number of benzene rings is 2. The van der Waals surface area contributed by atoms with Gasteiger partial charge in [0.15, 0.2) is 5.82 Å². The zero-order valence-electron chi connectivity index (χ0n) is 21.6. The third-order valence-electron chi connectivity index (χ3n) is 8.04. The van der Waals surface area contributed by atoms with E-state index in [-0.39, 0.29) is 18.1 Å². The van der Waals surface area contributed by atoms with Crippen LogP contribution in [0.1, 0.15) is 49.8 Å². The molecule has 2 aromatic carbocycles. The van der Waals surface area contributed by atoms with E-state index in [1.165, 1.54) is 6.07 Å². The molecular weight excluding hydrogens is 490 g/mol. The van der Waals surface area contributed by atoms with Gasteiger partial charge in [0.05, 0.1) is 17.1 Å². The van der Waals surface area contributed by atoms with Gasteiger partial charge in [0, 0.05) is 50.5 Å². The van der Waals surface area contributed by atoms with Crippen molar-refractivity contribution < 1.29 is 18.0 Å². The Kier molecular flexibility index (Phi) is 6.51. The summed E-state index contributed by atoms with van der Waals surface area (Å²) in [6, 6.07) is 9.73. The lowest BCUT2D eigenvalue weighted by molar-refractivity contribution is 0.132. The second-order valence-corrected chi connectivity index (χ2v) is 10.4. The predicted octanol–water partition coefficient (Wildman–Crippen LogP) is 4.61. The number of piperidine rings is 1. The summed E-state index contributed by atoms with van der Waals surface area (Å²) in [6.07, 6.45) is 3.19. The highest BCUT2D eigenvalue weighted by Crippen LogP contribution is 2.34. The van der Waals surface area contributed by atoms with Crippen molar-refractivity contribution in [1.82, 2.24) is 19.7 Å². The molecule has 10 heteroatoms. The quantitative estimate of drug-likeness (QED) is 0.395. The fourth-order valence-electron chi connectivity index (χ4n) is 5.81. The number of nitrogens with zero attached hydrogens (tertiary/aromatic N) is 5. The summed E-state index contributed by atoms with van der Waals surface area (Å²) < 4.78 is 42.1. The lowest BCUT2D eigenvalue weighted by Crippen LogP contribution is -2.39. The van der Waals surface area contributed by atoms with Gasteiger partial charge in [-0.15, -0.1) is 0 Å². The van der Waals surface area contributed by atoms with Gasteiger partial charge in [-0.05, 0) is 61.6 Å². The lowest BCUT2D eigenvalue weighted by Gasteiger charge is -2.33. The number of aryl methyl sites for hydroxylation is 1. The van der Waals surface area contributed by atoms with Crippen molar-refractivity contribution in [1.29, 1.82) is 0 Å². The highest BCUT2D eigenvalue weighted by atomic mass is 19.1. The van der Waals surface area contributed by atoms with Crippen molar-refractivity contribution in [2.45, 2.75) is 64.1 Å². The van der Waals surface area contributed by atoms with Crippen LogP contribution >= 0.6 is 0 Å². The minimum Gasteiger partial charge on any atom is -0.490 e. The van der Waals surface area contributed by atoms with E-state index in [2.05, 4.69) is 26.5 Å². The van der Waals surface area contributed by atoms with Crippen molar-refractivity contribution in [3.8, 4) is 5.75 Å². The molecule has 0 unspecified atom stereocenters. The molecule has 0 spiro atoms. The summed E-state index contributed by atoms with van der Waals surface area (Å²) in [5.41, 5.74) is 8.54. The van der Waals surface area contributed by atoms with E-state index >= 15 is 0 Å². The molecule has 0 aliphatic carbocycles. The number of anilines is 1. The van der Waals surface area contributed by atoms with Crippen LogP contribution in [0, 0.1) is 17.6 Å². The van der Waals surface area contributed by atoms with E-state index in [0.29, 0.717) is 30.5 Å². The van der Waals surface area contributed by atoms with Crippen LogP contribution in [0.25, 0.3) is 11.0 Å². The summed E-state index contributed by atoms with van der Waals surface area (Å²) in [5, 5.41) is 4.00. The second-order valence-electron chi connectivity index (χ2n) is 10.4. The Balaban J connectivity index is 1.14. The number of aromatic nitrogens is 4. The first-order chi connectivity index (χ1) is 18.4. The predicted molar refractivity (Wildman–Crippen MR) is 139 cm³/mol. The summed E-state index contributed by atoms with van der Waals surface area (Å²) in [7, 11) is 0. The summed E-state index contributed by atoms with van der Waals surface area (Å²) in [6.45, 7) is 6.31. The van der Waals surface area contributed by atoms with Crippen LogP contribution in [-0.2, 0) is 19.4 Å². The molecule has 0 radical (unpaired) electrons. The summed E-state index contributed by atoms with van der Waals surface area (Å²) in [5.74, 6) is 1.49. The number of rotatable bonds is 6. The molecule has 6 rings (SSSR count). The molecule has 1 saturated heterocycles. The van der Waals surface area contributed by atoms with Crippen LogP contribution in [-0.4, -0.2) is 44.9 Å². The smallest absolute Gasteiger partial charge is 0.324 e. The molecule has 0 saturated carbocycles. The number of ether oxygens (including phenoxy) is 1. The van der Waals surface area contributed by atoms with Crippen LogP contribution in [0.3, 0.4) is 0 Å². The molecular formula is C28H32F2N6O2. The van der Waals surface area contributed by atoms with E-state index in [9.17, 15) is 8.78 Å². The van der Waals surface area contributed by atoms with Gasteiger partial charge in [0.1, 0.15) is 23.2 Å². The molecule has 0 amide bonds. The van der Waals surface area contributed by atoms with Crippen molar-refractivity contribution in [3.63, 3.8) is 0 Å². The third-order valence-corrected chi connectivity index (χ3v) is 8.04. The van der Waals surface area contributed by atoms with Crippen LogP contribution in [0.2, 0.25) is 0 Å². The van der Waals surface area contributed by atoms with E-state index in [1.54, 1.807) is 0 Å². The van der Waals surface area contributed by atoms with E-state index in [4.69, 9.17) is 20.0 Å². The van der Waals surface area contributed by atoms with E-state index < -0.39 is 11.6 Å². The number of halogens is 2. The molecule has 0 bridgehead atoms. The largest absolute Gasteiger partial charge is 0.490 e. The molecule has 38 heavy (non-hydrogen) atoms.